The summed E-state index contributed by atoms with van der Waals surface area (Å²) in [7, 11) is 0. The topological polar surface area (TPSA) is 34.6 Å². The van der Waals surface area contributed by atoms with E-state index in [0.717, 1.165) is 77.9 Å². The first-order chi connectivity index (χ1) is 33.6. The fraction of sp³-hybridized carbons (Fsp3) is 0. The molecule has 0 fully saturated rings. The van der Waals surface area contributed by atoms with Crippen LogP contribution in [0, 0.1) is 17.9 Å². The highest BCUT2D eigenvalue weighted by molar-refractivity contribution is 6.16. The molecule has 0 radical (unpaired) electrons. The Morgan fingerprint density at radius 1 is 0.353 bits per heavy atom. The number of para-hydroxylation sites is 2. The van der Waals surface area contributed by atoms with Gasteiger partial charge in [0.2, 0.25) is 5.69 Å². The molecule has 0 atom stereocenters. The quantitative estimate of drug-likeness (QED) is 0.0780. The maximum absolute atomic E-state index is 10.6. The van der Waals surface area contributed by atoms with Gasteiger partial charge < -0.3 is 9.80 Å². The molecule has 0 saturated carbocycles. The highest BCUT2D eigenvalue weighted by atomic mass is 15.1. The molecular weight excluding hydrogens is 825 g/mol. The summed E-state index contributed by atoms with van der Waals surface area (Å²) in [6, 6.07) is 82.5. The molecule has 0 N–H and O–H groups in total. The first kappa shape index (κ1) is 41.2. The van der Waals surface area contributed by atoms with Gasteiger partial charge in [-0.25, -0.2) is 4.85 Å². The SMILES string of the molecule is [C-]#[N+]c1c2ccc(C=Cc3ccc(N(c4ccccc4)c4cccc5ccccc45)cc3)cc2c(C#N)c2ccc(C=Cc3ccc(N(c4ccccc4)c4cccc5ccccc45)cc3)cc12. The highest BCUT2D eigenvalue weighted by Crippen LogP contribution is 2.42. The second kappa shape index (κ2) is 18.2. The normalized spacial score (nSPS) is 11.4. The molecule has 11 aromatic carbocycles. The molecule has 0 spiro atoms. The van der Waals surface area contributed by atoms with Crippen LogP contribution in [0.3, 0.4) is 0 Å². The summed E-state index contributed by atoms with van der Waals surface area (Å²) < 4.78 is 0. The zero-order valence-corrected chi connectivity index (χ0v) is 37.0. The van der Waals surface area contributed by atoms with E-state index in [1.165, 1.54) is 21.5 Å². The Hall–Kier alpha value is -9.48. The summed E-state index contributed by atoms with van der Waals surface area (Å²) in [6.45, 7) is 8.31. The van der Waals surface area contributed by atoms with Crippen LogP contribution >= 0.6 is 0 Å². The van der Waals surface area contributed by atoms with Crippen molar-refractivity contribution >= 4 is 107 Å². The first-order valence-corrected chi connectivity index (χ1v) is 22.7. The molecule has 0 unspecified atom stereocenters. The lowest BCUT2D eigenvalue weighted by atomic mass is 9.93. The number of nitriles is 1. The molecule has 4 nitrogen and oxygen atoms in total. The molecule has 0 aliphatic carbocycles. The number of nitrogens with zero attached hydrogens (tertiary/aromatic N) is 4. The largest absolute Gasteiger partial charge is 0.310 e. The molecule has 0 heterocycles. The van der Waals surface area contributed by atoms with E-state index in [1.54, 1.807) is 0 Å². The van der Waals surface area contributed by atoms with E-state index >= 15 is 0 Å². The molecular formula is C64H42N4. The molecule has 0 amide bonds. The summed E-state index contributed by atoms with van der Waals surface area (Å²) in [5.74, 6) is 0. The number of fused-ring (bicyclic) bond motifs is 4. The van der Waals surface area contributed by atoms with Crippen molar-refractivity contribution in [3.05, 3.63) is 270 Å². The Bertz CT molecular complexity index is 3540. The molecule has 0 aliphatic heterocycles. The summed E-state index contributed by atoms with van der Waals surface area (Å²) in [4.78, 5) is 8.65. The van der Waals surface area contributed by atoms with Crippen molar-refractivity contribution in [2.24, 2.45) is 0 Å². The lowest BCUT2D eigenvalue weighted by molar-refractivity contribution is 1.30. The third-order valence-corrected chi connectivity index (χ3v) is 12.6. The minimum Gasteiger partial charge on any atom is -0.310 e. The van der Waals surface area contributed by atoms with E-state index in [9.17, 15) is 5.26 Å². The van der Waals surface area contributed by atoms with E-state index < -0.39 is 0 Å². The highest BCUT2D eigenvalue weighted by Gasteiger charge is 2.18. The minimum absolute atomic E-state index is 0.545. The number of benzene rings is 11. The average Bonchev–Trinajstić information content (AvgIpc) is 3.40. The van der Waals surface area contributed by atoms with Crippen LogP contribution in [0.5, 0.6) is 0 Å². The van der Waals surface area contributed by atoms with Gasteiger partial charge in [-0.3, -0.25) is 0 Å². The summed E-state index contributed by atoms with van der Waals surface area (Å²) >= 11 is 0. The predicted octanol–water partition coefficient (Wildman–Crippen LogP) is 18.0. The standard InChI is InChI=1S/C64H42N4/c1-66-64-58-41-35-47(28-26-45-30-36-53(37-31-45)67(51-18-4-2-5-19-51)62-24-12-16-49-14-8-10-22-55(49)62)42-59(58)61(44-65)57-40-34-48(43-60(57)64)29-27-46-32-38-54(39-33-46)68(52-20-6-3-7-21-52)63-25-13-17-50-15-9-11-23-56(50)63/h2-43H. The van der Waals surface area contributed by atoms with Crippen molar-refractivity contribution in [2.75, 3.05) is 9.80 Å². The van der Waals surface area contributed by atoms with Crippen LogP contribution in [0.4, 0.5) is 39.8 Å². The minimum atomic E-state index is 0.545. The van der Waals surface area contributed by atoms with Gasteiger partial charge in [0, 0.05) is 33.5 Å². The van der Waals surface area contributed by atoms with Crippen molar-refractivity contribution in [1.82, 2.24) is 0 Å². The molecule has 318 valence electrons. The summed E-state index contributed by atoms with van der Waals surface area (Å²) in [5, 5.41) is 18.4. The fourth-order valence-corrected chi connectivity index (χ4v) is 9.36. The molecule has 11 rings (SSSR count). The van der Waals surface area contributed by atoms with E-state index in [-0.39, 0.29) is 0 Å². The van der Waals surface area contributed by atoms with E-state index in [2.05, 4.69) is 227 Å². The van der Waals surface area contributed by atoms with Crippen LogP contribution in [-0.2, 0) is 0 Å². The Labute approximate surface area is 396 Å². The van der Waals surface area contributed by atoms with Gasteiger partial charge in [-0.2, -0.15) is 5.26 Å². The fourth-order valence-electron chi connectivity index (χ4n) is 9.36. The van der Waals surface area contributed by atoms with Crippen LogP contribution in [0.15, 0.2) is 231 Å². The van der Waals surface area contributed by atoms with Crippen LogP contribution in [0.2, 0.25) is 0 Å². The Balaban J connectivity index is 0.865. The number of rotatable bonds is 10. The molecule has 0 aliphatic rings. The third-order valence-electron chi connectivity index (χ3n) is 12.6. The zero-order valence-electron chi connectivity index (χ0n) is 37.0. The molecule has 68 heavy (non-hydrogen) atoms. The lowest BCUT2D eigenvalue weighted by Crippen LogP contribution is -2.10. The van der Waals surface area contributed by atoms with Crippen molar-refractivity contribution in [3.8, 4) is 6.07 Å². The average molecular weight is 867 g/mol. The second-order valence-electron chi connectivity index (χ2n) is 16.7. The zero-order chi connectivity index (χ0) is 45.8. The second-order valence-corrected chi connectivity index (χ2v) is 16.7. The maximum atomic E-state index is 10.6. The lowest BCUT2D eigenvalue weighted by Gasteiger charge is -2.27. The van der Waals surface area contributed by atoms with E-state index in [4.69, 9.17) is 6.57 Å². The van der Waals surface area contributed by atoms with Gasteiger partial charge in [0.1, 0.15) is 6.07 Å². The molecule has 0 aromatic heterocycles. The van der Waals surface area contributed by atoms with Crippen LogP contribution in [0.1, 0.15) is 27.8 Å². The molecule has 0 saturated heterocycles. The Kier molecular flexibility index (Phi) is 11.0. The van der Waals surface area contributed by atoms with E-state index in [1.807, 2.05) is 48.5 Å². The summed E-state index contributed by atoms with van der Waals surface area (Å²) in [6.07, 6.45) is 8.33. The Morgan fingerprint density at radius 2 is 0.750 bits per heavy atom. The first-order valence-electron chi connectivity index (χ1n) is 22.7. The number of anilines is 6. The molecule has 4 heteroatoms. The van der Waals surface area contributed by atoms with Crippen LogP contribution < -0.4 is 9.80 Å². The smallest absolute Gasteiger partial charge is 0.202 e. The summed E-state index contributed by atoms with van der Waals surface area (Å²) in [5.41, 5.74) is 11.6. The van der Waals surface area contributed by atoms with Gasteiger partial charge in [0.05, 0.1) is 23.5 Å². The molecule has 11 aromatic rings. The molecule has 0 bridgehead atoms. The Morgan fingerprint density at radius 3 is 1.24 bits per heavy atom. The van der Waals surface area contributed by atoms with E-state index in [0.29, 0.717) is 11.3 Å². The predicted molar refractivity (Wildman–Crippen MR) is 288 cm³/mol. The van der Waals surface area contributed by atoms with Gasteiger partial charge in [0.25, 0.3) is 0 Å². The third kappa shape index (κ3) is 7.90. The van der Waals surface area contributed by atoms with Gasteiger partial charge >= 0.3 is 0 Å². The van der Waals surface area contributed by atoms with Gasteiger partial charge in [-0.05, 0) is 121 Å². The van der Waals surface area contributed by atoms with Crippen LogP contribution in [-0.4, -0.2) is 0 Å². The monoisotopic (exact) mass is 866 g/mol. The maximum Gasteiger partial charge on any atom is 0.202 e. The van der Waals surface area contributed by atoms with Gasteiger partial charge in [0.15, 0.2) is 0 Å². The van der Waals surface area contributed by atoms with Crippen molar-refractivity contribution < 1.29 is 0 Å². The van der Waals surface area contributed by atoms with Gasteiger partial charge in [-0.15, -0.1) is 0 Å². The van der Waals surface area contributed by atoms with Crippen molar-refractivity contribution in [2.45, 2.75) is 0 Å². The van der Waals surface area contributed by atoms with Crippen LogP contribution in [0.25, 0.3) is 72.2 Å². The number of hydrogen-bond donors (Lipinski definition) is 0. The van der Waals surface area contributed by atoms with Gasteiger partial charge in [-0.1, -0.05) is 188 Å². The number of hydrogen-bond acceptors (Lipinski definition) is 3. The van der Waals surface area contributed by atoms with Crippen molar-refractivity contribution in [1.29, 1.82) is 5.26 Å². The van der Waals surface area contributed by atoms with Crippen molar-refractivity contribution in [3.63, 3.8) is 0 Å².